The lowest BCUT2D eigenvalue weighted by Crippen LogP contribution is -2.37. The van der Waals surface area contributed by atoms with Crippen molar-refractivity contribution in [2.45, 2.75) is 51.4 Å². The molecule has 0 heterocycles. The highest BCUT2D eigenvalue weighted by Crippen LogP contribution is 2.44. The Balaban J connectivity index is 2.51. The van der Waals surface area contributed by atoms with Crippen LogP contribution in [0.2, 0.25) is 0 Å². The molecule has 0 bridgehead atoms. The van der Waals surface area contributed by atoms with E-state index >= 15 is 0 Å². The summed E-state index contributed by atoms with van der Waals surface area (Å²) < 4.78 is 5.68. The smallest absolute Gasteiger partial charge is 0.125 e. The van der Waals surface area contributed by atoms with Crippen molar-refractivity contribution in [2.75, 3.05) is 13.7 Å². The number of ether oxygens (including phenoxy) is 1. The molecule has 0 amide bonds. The van der Waals surface area contributed by atoms with E-state index in [0.29, 0.717) is 0 Å². The van der Waals surface area contributed by atoms with Gasteiger partial charge in [-0.25, -0.2) is 0 Å². The summed E-state index contributed by atoms with van der Waals surface area (Å²) in [6, 6.07) is 4.44. The van der Waals surface area contributed by atoms with Crippen LogP contribution in [0.25, 0.3) is 0 Å². The van der Waals surface area contributed by atoms with Gasteiger partial charge in [0.1, 0.15) is 5.75 Å². The molecular weight excluding hydrogens is 222 g/mol. The van der Waals surface area contributed by atoms with Gasteiger partial charge in [-0.15, -0.1) is 0 Å². The first kappa shape index (κ1) is 13.4. The number of benzene rings is 1. The van der Waals surface area contributed by atoms with Gasteiger partial charge < -0.3 is 10.5 Å². The largest absolute Gasteiger partial charge is 0.496 e. The normalized spacial score (nSPS) is 18.7. The summed E-state index contributed by atoms with van der Waals surface area (Å²) in [5, 5.41) is 0. The van der Waals surface area contributed by atoms with E-state index in [2.05, 4.69) is 26.0 Å². The lowest BCUT2D eigenvalue weighted by atomic mass is 9.68. The van der Waals surface area contributed by atoms with Gasteiger partial charge in [0.25, 0.3) is 0 Å². The topological polar surface area (TPSA) is 35.2 Å². The molecule has 0 atom stereocenters. The molecule has 0 saturated heterocycles. The van der Waals surface area contributed by atoms with Gasteiger partial charge in [0.2, 0.25) is 0 Å². The molecule has 100 valence electrons. The van der Waals surface area contributed by atoms with Crippen LogP contribution in [0.15, 0.2) is 12.1 Å². The van der Waals surface area contributed by atoms with Crippen molar-refractivity contribution in [3.05, 3.63) is 28.8 Å². The Kier molecular flexibility index (Phi) is 3.96. The van der Waals surface area contributed by atoms with Crippen molar-refractivity contribution < 1.29 is 4.74 Å². The van der Waals surface area contributed by atoms with Crippen molar-refractivity contribution in [1.82, 2.24) is 0 Å². The first-order valence-corrected chi connectivity index (χ1v) is 6.99. The van der Waals surface area contributed by atoms with Crippen LogP contribution in [0.4, 0.5) is 0 Å². The highest BCUT2D eigenvalue weighted by molar-refractivity contribution is 5.49. The van der Waals surface area contributed by atoms with Crippen LogP contribution >= 0.6 is 0 Å². The minimum atomic E-state index is 0.141. The number of nitrogens with two attached hydrogens (primary N) is 1. The molecule has 18 heavy (non-hydrogen) atoms. The summed E-state index contributed by atoms with van der Waals surface area (Å²) in [4.78, 5) is 0. The summed E-state index contributed by atoms with van der Waals surface area (Å²) >= 11 is 0. The second-order valence-corrected chi connectivity index (χ2v) is 5.63. The standard InChI is InChI=1S/C16H25NO/c1-12-7-8-14(15(18-3)13(12)2)16(11-17)9-5-4-6-10-16/h7-8H,4-6,9-11,17H2,1-3H3. The third-order valence-corrected chi connectivity index (χ3v) is 4.65. The molecule has 1 aliphatic rings. The minimum Gasteiger partial charge on any atom is -0.496 e. The molecule has 2 rings (SSSR count). The first-order valence-electron chi connectivity index (χ1n) is 6.99. The third kappa shape index (κ3) is 2.14. The summed E-state index contributed by atoms with van der Waals surface area (Å²) in [5.74, 6) is 1.06. The van der Waals surface area contributed by atoms with E-state index in [1.54, 1.807) is 7.11 Å². The number of hydrogen-bond donors (Lipinski definition) is 1. The van der Waals surface area contributed by atoms with E-state index in [0.717, 1.165) is 12.3 Å². The number of hydrogen-bond acceptors (Lipinski definition) is 2. The molecule has 1 saturated carbocycles. The SMILES string of the molecule is COc1c(C2(CN)CCCCC2)ccc(C)c1C. The van der Waals surface area contributed by atoms with Crippen molar-refractivity contribution in [1.29, 1.82) is 0 Å². The van der Waals surface area contributed by atoms with Gasteiger partial charge in [-0.2, -0.15) is 0 Å². The second kappa shape index (κ2) is 5.31. The monoisotopic (exact) mass is 247 g/mol. The van der Waals surface area contributed by atoms with Gasteiger partial charge in [-0.05, 0) is 37.8 Å². The van der Waals surface area contributed by atoms with Crippen LogP contribution in [0.1, 0.15) is 48.8 Å². The van der Waals surface area contributed by atoms with Crippen LogP contribution in [0.5, 0.6) is 5.75 Å². The number of methoxy groups -OCH3 is 1. The zero-order chi connectivity index (χ0) is 13.2. The maximum absolute atomic E-state index is 6.13. The Labute approximate surface area is 111 Å². The van der Waals surface area contributed by atoms with Crippen LogP contribution in [0.3, 0.4) is 0 Å². The molecule has 1 aromatic rings. The molecule has 2 heteroatoms. The summed E-state index contributed by atoms with van der Waals surface area (Å²) in [5.41, 5.74) is 10.1. The van der Waals surface area contributed by atoms with Crippen LogP contribution in [-0.4, -0.2) is 13.7 Å². The van der Waals surface area contributed by atoms with E-state index < -0.39 is 0 Å². The summed E-state index contributed by atoms with van der Waals surface area (Å²) in [7, 11) is 1.78. The fourth-order valence-corrected chi connectivity index (χ4v) is 3.28. The maximum Gasteiger partial charge on any atom is 0.125 e. The first-order chi connectivity index (χ1) is 8.64. The molecule has 1 aliphatic carbocycles. The molecule has 0 aliphatic heterocycles. The molecule has 0 unspecified atom stereocenters. The van der Waals surface area contributed by atoms with Gasteiger partial charge in [0.15, 0.2) is 0 Å². The van der Waals surface area contributed by atoms with E-state index in [-0.39, 0.29) is 5.41 Å². The van der Waals surface area contributed by atoms with Gasteiger partial charge in [0, 0.05) is 17.5 Å². The number of rotatable bonds is 3. The Morgan fingerprint density at radius 3 is 2.39 bits per heavy atom. The van der Waals surface area contributed by atoms with Crippen molar-refractivity contribution in [2.24, 2.45) is 5.73 Å². The molecule has 1 fully saturated rings. The van der Waals surface area contributed by atoms with Crippen LogP contribution in [0, 0.1) is 13.8 Å². The van der Waals surface area contributed by atoms with E-state index in [1.165, 1.54) is 48.8 Å². The lowest BCUT2D eigenvalue weighted by Gasteiger charge is -2.38. The maximum atomic E-state index is 6.13. The average Bonchev–Trinajstić information content (AvgIpc) is 2.42. The Bertz CT molecular complexity index is 419. The molecular formula is C16H25NO. The Morgan fingerprint density at radius 2 is 1.83 bits per heavy atom. The van der Waals surface area contributed by atoms with Crippen LogP contribution < -0.4 is 10.5 Å². The summed E-state index contributed by atoms with van der Waals surface area (Å²) in [6.45, 7) is 5.01. The lowest BCUT2D eigenvalue weighted by molar-refractivity contribution is 0.287. The highest BCUT2D eigenvalue weighted by atomic mass is 16.5. The summed E-state index contributed by atoms with van der Waals surface area (Å²) in [6.07, 6.45) is 6.31. The fraction of sp³-hybridized carbons (Fsp3) is 0.625. The van der Waals surface area contributed by atoms with Gasteiger partial charge in [-0.3, -0.25) is 0 Å². The molecule has 2 N–H and O–H groups in total. The van der Waals surface area contributed by atoms with Crippen LogP contribution in [-0.2, 0) is 5.41 Å². The van der Waals surface area contributed by atoms with Gasteiger partial charge in [-0.1, -0.05) is 31.4 Å². The van der Waals surface area contributed by atoms with Gasteiger partial charge in [0.05, 0.1) is 7.11 Å². The van der Waals surface area contributed by atoms with E-state index in [9.17, 15) is 0 Å². The quantitative estimate of drug-likeness (QED) is 0.887. The second-order valence-electron chi connectivity index (χ2n) is 5.63. The Morgan fingerprint density at radius 1 is 1.17 bits per heavy atom. The zero-order valence-electron chi connectivity index (χ0n) is 11.9. The van der Waals surface area contributed by atoms with Gasteiger partial charge >= 0.3 is 0 Å². The third-order valence-electron chi connectivity index (χ3n) is 4.65. The minimum absolute atomic E-state index is 0.141. The van der Waals surface area contributed by atoms with E-state index in [1.807, 2.05) is 0 Å². The van der Waals surface area contributed by atoms with Crippen molar-refractivity contribution in [3.63, 3.8) is 0 Å². The molecule has 0 radical (unpaired) electrons. The predicted molar refractivity (Wildman–Crippen MR) is 76.3 cm³/mol. The average molecular weight is 247 g/mol. The predicted octanol–water partition coefficient (Wildman–Crippen LogP) is 3.47. The zero-order valence-corrected chi connectivity index (χ0v) is 11.9. The number of aryl methyl sites for hydroxylation is 1. The Hall–Kier alpha value is -1.02. The molecule has 0 aromatic heterocycles. The molecule has 0 spiro atoms. The fourth-order valence-electron chi connectivity index (χ4n) is 3.28. The molecule has 1 aromatic carbocycles. The van der Waals surface area contributed by atoms with Crippen molar-refractivity contribution >= 4 is 0 Å². The molecule has 2 nitrogen and oxygen atoms in total. The van der Waals surface area contributed by atoms with Crippen molar-refractivity contribution in [3.8, 4) is 5.75 Å². The highest BCUT2D eigenvalue weighted by Gasteiger charge is 2.35. The van der Waals surface area contributed by atoms with E-state index in [4.69, 9.17) is 10.5 Å².